The Kier molecular flexibility index (Phi) is 6.61. The second-order valence-corrected chi connectivity index (χ2v) is 8.31. The fourth-order valence-corrected chi connectivity index (χ4v) is 4.13. The lowest BCUT2D eigenvalue weighted by Crippen LogP contribution is -2.16. The van der Waals surface area contributed by atoms with E-state index in [1.54, 1.807) is 18.6 Å². The second kappa shape index (κ2) is 9.74. The molecule has 0 fully saturated rings. The third-order valence-corrected chi connectivity index (χ3v) is 5.98. The standard InChI is InChI=1S/C24H24N6OS/c1-4-18-7-5-6-17(3)22(18)27-21(31)15-32-24-29-28-23(20-14-25-12-13-26-20)30(24)19-10-8-16(2)9-11-19/h5-14H,4,15H2,1-3H3,(H,27,31). The maximum absolute atomic E-state index is 12.8. The van der Waals surface area contributed by atoms with Crippen LogP contribution in [0.4, 0.5) is 5.69 Å². The van der Waals surface area contributed by atoms with Crippen molar-refractivity contribution in [3.8, 4) is 17.2 Å². The van der Waals surface area contributed by atoms with Crippen molar-refractivity contribution in [1.82, 2.24) is 24.7 Å². The minimum atomic E-state index is -0.0847. The van der Waals surface area contributed by atoms with E-state index in [0.717, 1.165) is 34.5 Å². The van der Waals surface area contributed by atoms with E-state index in [2.05, 4.69) is 32.4 Å². The number of benzene rings is 2. The van der Waals surface area contributed by atoms with Gasteiger partial charge in [0, 0.05) is 23.8 Å². The summed E-state index contributed by atoms with van der Waals surface area (Å²) in [6.07, 6.45) is 5.75. The number of hydrogen-bond acceptors (Lipinski definition) is 6. The minimum Gasteiger partial charge on any atom is -0.325 e. The van der Waals surface area contributed by atoms with Crippen LogP contribution in [0.5, 0.6) is 0 Å². The summed E-state index contributed by atoms with van der Waals surface area (Å²) in [4.78, 5) is 21.3. The summed E-state index contributed by atoms with van der Waals surface area (Å²) in [6.45, 7) is 6.12. The highest BCUT2D eigenvalue weighted by molar-refractivity contribution is 7.99. The zero-order valence-corrected chi connectivity index (χ0v) is 19.1. The molecule has 32 heavy (non-hydrogen) atoms. The maximum atomic E-state index is 12.8. The highest BCUT2D eigenvalue weighted by Crippen LogP contribution is 2.27. The van der Waals surface area contributed by atoms with Gasteiger partial charge in [0.25, 0.3) is 0 Å². The number of hydrogen-bond donors (Lipinski definition) is 1. The van der Waals surface area contributed by atoms with Gasteiger partial charge in [0.2, 0.25) is 5.91 Å². The zero-order chi connectivity index (χ0) is 22.5. The average molecular weight is 445 g/mol. The molecule has 1 N–H and O–H groups in total. The van der Waals surface area contributed by atoms with Crippen molar-refractivity contribution in [2.24, 2.45) is 0 Å². The number of nitrogens with zero attached hydrogens (tertiary/aromatic N) is 5. The molecule has 7 nitrogen and oxygen atoms in total. The van der Waals surface area contributed by atoms with E-state index in [1.165, 1.54) is 11.8 Å². The molecular formula is C24H24N6OS. The largest absolute Gasteiger partial charge is 0.325 e. The number of anilines is 1. The molecule has 0 aliphatic heterocycles. The number of para-hydroxylation sites is 1. The number of aryl methyl sites for hydroxylation is 3. The van der Waals surface area contributed by atoms with Gasteiger partial charge < -0.3 is 5.32 Å². The molecule has 0 unspecified atom stereocenters. The summed E-state index contributed by atoms with van der Waals surface area (Å²) in [5.41, 5.74) is 5.73. The lowest BCUT2D eigenvalue weighted by molar-refractivity contribution is -0.113. The molecule has 8 heteroatoms. The maximum Gasteiger partial charge on any atom is 0.234 e. The highest BCUT2D eigenvalue weighted by Gasteiger charge is 2.19. The van der Waals surface area contributed by atoms with E-state index in [9.17, 15) is 4.79 Å². The average Bonchev–Trinajstić information content (AvgIpc) is 3.24. The lowest BCUT2D eigenvalue weighted by atomic mass is 10.1. The van der Waals surface area contributed by atoms with Gasteiger partial charge in [-0.05, 0) is 43.5 Å². The molecule has 0 saturated heterocycles. The molecule has 0 aliphatic rings. The van der Waals surface area contributed by atoms with Crippen molar-refractivity contribution in [2.45, 2.75) is 32.3 Å². The van der Waals surface area contributed by atoms with Crippen LogP contribution < -0.4 is 5.32 Å². The van der Waals surface area contributed by atoms with Gasteiger partial charge in [-0.25, -0.2) is 4.98 Å². The SMILES string of the molecule is CCc1cccc(C)c1NC(=O)CSc1nnc(-c2cnccn2)n1-c1ccc(C)cc1. The fourth-order valence-electron chi connectivity index (χ4n) is 3.38. The van der Waals surface area contributed by atoms with E-state index in [-0.39, 0.29) is 11.7 Å². The molecule has 0 radical (unpaired) electrons. The summed E-state index contributed by atoms with van der Waals surface area (Å²) in [7, 11) is 0. The normalized spacial score (nSPS) is 10.8. The van der Waals surface area contributed by atoms with Crippen LogP contribution in [0.2, 0.25) is 0 Å². The van der Waals surface area contributed by atoms with Gasteiger partial charge >= 0.3 is 0 Å². The van der Waals surface area contributed by atoms with Crippen LogP contribution in [0.25, 0.3) is 17.2 Å². The highest BCUT2D eigenvalue weighted by atomic mass is 32.2. The van der Waals surface area contributed by atoms with Crippen molar-refractivity contribution < 1.29 is 4.79 Å². The first-order valence-electron chi connectivity index (χ1n) is 10.4. The topological polar surface area (TPSA) is 85.6 Å². The van der Waals surface area contributed by atoms with Crippen LogP contribution in [0.1, 0.15) is 23.6 Å². The quantitative estimate of drug-likeness (QED) is 0.418. The van der Waals surface area contributed by atoms with Crippen molar-refractivity contribution >= 4 is 23.4 Å². The van der Waals surface area contributed by atoms with E-state index >= 15 is 0 Å². The first-order chi connectivity index (χ1) is 15.6. The molecule has 0 bridgehead atoms. The first-order valence-corrected chi connectivity index (χ1v) is 11.4. The summed E-state index contributed by atoms with van der Waals surface area (Å²) in [5, 5.41) is 12.4. The summed E-state index contributed by atoms with van der Waals surface area (Å²) in [5.74, 6) is 0.706. The van der Waals surface area contributed by atoms with Gasteiger partial charge in [0.1, 0.15) is 5.69 Å². The molecule has 0 atom stereocenters. The smallest absolute Gasteiger partial charge is 0.234 e. The monoisotopic (exact) mass is 444 g/mol. The second-order valence-electron chi connectivity index (χ2n) is 7.37. The van der Waals surface area contributed by atoms with E-state index in [1.807, 2.05) is 60.9 Å². The summed E-state index contributed by atoms with van der Waals surface area (Å²) >= 11 is 1.34. The van der Waals surface area contributed by atoms with Gasteiger partial charge in [0.15, 0.2) is 11.0 Å². The molecule has 2 aromatic heterocycles. The van der Waals surface area contributed by atoms with Crippen molar-refractivity contribution in [3.63, 3.8) is 0 Å². The Morgan fingerprint density at radius 3 is 2.59 bits per heavy atom. The van der Waals surface area contributed by atoms with E-state index in [4.69, 9.17) is 0 Å². The predicted molar refractivity (Wildman–Crippen MR) is 127 cm³/mol. The molecule has 162 valence electrons. The number of aromatic nitrogens is 5. The summed E-state index contributed by atoms with van der Waals surface area (Å²) in [6, 6.07) is 14.1. The van der Waals surface area contributed by atoms with Gasteiger partial charge in [-0.3, -0.25) is 14.3 Å². The van der Waals surface area contributed by atoms with Crippen LogP contribution >= 0.6 is 11.8 Å². The third-order valence-electron chi connectivity index (χ3n) is 5.05. The number of rotatable bonds is 7. The lowest BCUT2D eigenvalue weighted by Gasteiger charge is -2.13. The van der Waals surface area contributed by atoms with Crippen LogP contribution in [-0.2, 0) is 11.2 Å². The molecule has 2 aromatic carbocycles. The number of thioether (sulfide) groups is 1. The Balaban J connectivity index is 1.60. The molecular weight excluding hydrogens is 420 g/mol. The third kappa shape index (κ3) is 4.70. The Morgan fingerprint density at radius 1 is 1.06 bits per heavy atom. The number of carbonyl (C=O) groups excluding carboxylic acids is 1. The van der Waals surface area contributed by atoms with Crippen LogP contribution in [0.3, 0.4) is 0 Å². The fraction of sp³-hybridized carbons (Fsp3) is 0.208. The molecule has 2 heterocycles. The van der Waals surface area contributed by atoms with Gasteiger partial charge in [-0.15, -0.1) is 10.2 Å². The minimum absolute atomic E-state index is 0.0847. The molecule has 4 rings (SSSR count). The van der Waals surface area contributed by atoms with Crippen LogP contribution in [0.15, 0.2) is 66.2 Å². The predicted octanol–water partition coefficient (Wildman–Crippen LogP) is 4.63. The van der Waals surface area contributed by atoms with Crippen molar-refractivity contribution in [3.05, 3.63) is 77.7 Å². The zero-order valence-electron chi connectivity index (χ0n) is 18.2. The van der Waals surface area contributed by atoms with Gasteiger partial charge in [-0.2, -0.15) is 0 Å². The molecule has 4 aromatic rings. The Bertz CT molecular complexity index is 1220. The number of carbonyl (C=O) groups is 1. The van der Waals surface area contributed by atoms with Crippen molar-refractivity contribution in [1.29, 1.82) is 0 Å². The Labute approximate surface area is 191 Å². The molecule has 0 spiro atoms. The summed E-state index contributed by atoms with van der Waals surface area (Å²) < 4.78 is 1.91. The van der Waals surface area contributed by atoms with E-state index < -0.39 is 0 Å². The number of amides is 1. The molecule has 0 aliphatic carbocycles. The van der Waals surface area contributed by atoms with Gasteiger partial charge in [0.05, 0.1) is 11.9 Å². The number of nitrogens with one attached hydrogen (secondary N) is 1. The first kappa shape index (κ1) is 21.7. The Hall–Kier alpha value is -3.52. The van der Waals surface area contributed by atoms with Gasteiger partial charge in [-0.1, -0.05) is 54.6 Å². The molecule has 0 saturated carbocycles. The van der Waals surface area contributed by atoms with Crippen LogP contribution in [0, 0.1) is 13.8 Å². The Morgan fingerprint density at radius 2 is 1.88 bits per heavy atom. The van der Waals surface area contributed by atoms with Crippen molar-refractivity contribution in [2.75, 3.05) is 11.1 Å². The molecule has 1 amide bonds. The van der Waals surface area contributed by atoms with Crippen LogP contribution in [-0.4, -0.2) is 36.4 Å². The van der Waals surface area contributed by atoms with E-state index in [0.29, 0.717) is 16.7 Å².